The highest BCUT2D eigenvalue weighted by Crippen LogP contribution is 2.24. The normalized spacial score (nSPS) is 11.7. The molecule has 0 radical (unpaired) electrons. The van der Waals surface area contributed by atoms with Gasteiger partial charge in [-0.05, 0) is 24.6 Å². The van der Waals surface area contributed by atoms with E-state index in [0.717, 1.165) is 11.6 Å². The largest absolute Gasteiger partial charge is 0.507 e. The number of phenolic OH excluding ortho intramolecular Hbond substituents is 1. The van der Waals surface area contributed by atoms with Crippen molar-refractivity contribution in [2.75, 3.05) is 0 Å². The molecular formula is C14H13N3O4. The third-order valence-corrected chi connectivity index (χ3v) is 2.97. The fourth-order valence-electron chi connectivity index (χ4n) is 1.82. The summed E-state index contributed by atoms with van der Waals surface area (Å²) in [5.74, 6) is -0.946. The van der Waals surface area contributed by atoms with Gasteiger partial charge >= 0.3 is 0 Å². The summed E-state index contributed by atoms with van der Waals surface area (Å²) in [7, 11) is 0. The Morgan fingerprint density at radius 3 is 2.76 bits per heavy atom. The Morgan fingerprint density at radius 1 is 1.43 bits per heavy atom. The molecule has 0 spiro atoms. The number of aromatic hydroxyl groups is 1. The summed E-state index contributed by atoms with van der Waals surface area (Å²) in [6, 6.07) is 6.60. The molecule has 1 heterocycles. The molecule has 0 saturated carbocycles. The van der Waals surface area contributed by atoms with Crippen LogP contribution in [0.5, 0.6) is 5.75 Å². The van der Waals surface area contributed by atoms with E-state index in [2.05, 4.69) is 10.3 Å². The highest BCUT2D eigenvalue weighted by Gasteiger charge is 2.17. The van der Waals surface area contributed by atoms with E-state index in [0.29, 0.717) is 0 Å². The fraction of sp³-hybridized carbons (Fsp3) is 0.143. The summed E-state index contributed by atoms with van der Waals surface area (Å²) in [4.78, 5) is 26.0. The van der Waals surface area contributed by atoms with Crippen LogP contribution in [0, 0.1) is 10.1 Å². The first-order valence-electron chi connectivity index (χ1n) is 6.17. The molecule has 0 aliphatic rings. The number of aromatic nitrogens is 1. The van der Waals surface area contributed by atoms with Crippen molar-refractivity contribution in [3.63, 3.8) is 0 Å². The van der Waals surface area contributed by atoms with E-state index in [1.165, 1.54) is 12.1 Å². The van der Waals surface area contributed by atoms with Crippen LogP contribution in [-0.4, -0.2) is 20.9 Å². The summed E-state index contributed by atoms with van der Waals surface area (Å²) in [6.45, 7) is 1.78. The van der Waals surface area contributed by atoms with Crippen LogP contribution in [0.4, 0.5) is 5.69 Å². The molecule has 2 N–H and O–H groups in total. The van der Waals surface area contributed by atoms with Crippen LogP contribution in [0.3, 0.4) is 0 Å². The molecule has 1 aromatic carbocycles. The maximum absolute atomic E-state index is 12.1. The quantitative estimate of drug-likeness (QED) is 0.662. The number of non-ortho nitro benzene ring substituents is 1. The van der Waals surface area contributed by atoms with E-state index in [-0.39, 0.29) is 17.3 Å². The number of nitrogens with one attached hydrogen (secondary N) is 1. The molecule has 0 aliphatic heterocycles. The zero-order chi connectivity index (χ0) is 15.4. The number of hydrogen-bond donors (Lipinski definition) is 2. The van der Waals surface area contributed by atoms with Gasteiger partial charge in [-0.1, -0.05) is 6.07 Å². The van der Waals surface area contributed by atoms with Crippen molar-refractivity contribution >= 4 is 11.6 Å². The van der Waals surface area contributed by atoms with E-state index in [1.807, 2.05) is 6.07 Å². The Labute approximate surface area is 120 Å². The first-order chi connectivity index (χ1) is 9.99. The van der Waals surface area contributed by atoms with Crippen molar-refractivity contribution in [1.29, 1.82) is 0 Å². The molecule has 21 heavy (non-hydrogen) atoms. The Bertz CT molecular complexity index is 673. The molecule has 0 unspecified atom stereocenters. The van der Waals surface area contributed by atoms with Gasteiger partial charge in [-0.2, -0.15) is 0 Å². The SMILES string of the molecule is C[C@@H](NC(=O)c1ccc([N+](=O)[O-])cc1O)c1cccnc1. The van der Waals surface area contributed by atoms with Gasteiger partial charge in [0.1, 0.15) is 5.75 Å². The lowest BCUT2D eigenvalue weighted by atomic mass is 10.1. The van der Waals surface area contributed by atoms with Crippen LogP contribution >= 0.6 is 0 Å². The number of nitrogens with zero attached hydrogens (tertiary/aromatic N) is 2. The number of carbonyl (C=O) groups is 1. The molecule has 1 atom stereocenters. The van der Waals surface area contributed by atoms with Gasteiger partial charge in [0, 0.05) is 18.5 Å². The monoisotopic (exact) mass is 287 g/mol. The summed E-state index contributed by atoms with van der Waals surface area (Å²) < 4.78 is 0. The van der Waals surface area contributed by atoms with Crippen molar-refractivity contribution in [2.45, 2.75) is 13.0 Å². The second-order valence-electron chi connectivity index (χ2n) is 4.44. The van der Waals surface area contributed by atoms with E-state index >= 15 is 0 Å². The predicted molar refractivity (Wildman–Crippen MR) is 74.9 cm³/mol. The minimum absolute atomic E-state index is 0.0173. The van der Waals surface area contributed by atoms with Gasteiger partial charge in [-0.25, -0.2) is 0 Å². The van der Waals surface area contributed by atoms with Gasteiger partial charge in [0.2, 0.25) is 0 Å². The Balaban J connectivity index is 2.15. The number of nitro benzene ring substituents is 1. The predicted octanol–water partition coefficient (Wildman–Crippen LogP) is 2.19. The summed E-state index contributed by atoms with van der Waals surface area (Å²) in [6.07, 6.45) is 3.25. The molecular weight excluding hydrogens is 274 g/mol. The van der Waals surface area contributed by atoms with E-state index < -0.39 is 16.6 Å². The zero-order valence-electron chi connectivity index (χ0n) is 11.2. The number of hydrogen-bond acceptors (Lipinski definition) is 5. The van der Waals surface area contributed by atoms with Gasteiger partial charge < -0.3 is 10.4 Å². The second-order valence-corrected chi connectivity index (χ2v) is 4.44. The van der Waals surface area contributed by atoms with E-state index in [4.69, 9.17) is 0 Å². The van der Waals surface area contributed by atoms with Crippen LogP contribution in [0.2, 0.25) is 0 Å². The number of carbonyl (C=O) groups excluding carboxylic acids is 1. The van der Waals surface area contributed by atoms with Crippen molar-refractivity contribution in [1.82, 2.24) is 10.3 Å². The van der Waals surface area contributed by atoms with Gasteiger partial charge in [-0.15, -0.1) is 0 Å². The van der Waals surface area contributed by atoms with E-state index in [1.54, 1.807) is 25.4 Å². The maximum Gasteiger partial charge on any atom is 0.273 e. The number of phenols is 1. The molecule has 0 saturated heterocycles. The van der Waals surface area contributed by atoms with Crippen LogP contribution in [0.1, 0.15) is 28.9 Å². The minimum atomic E-state index is -0.639. The zero-order valence-corrected chi connectivity index (χ0v) is 11.2. The Hall–Kier alpha value is -2.96. The molecule has 7 heteroatoms. The van der Waals surface area contributed by atoms with E-state index in [9.17, 15) is 20.0 Å². The summed E-state index contributed by atoms with van der Waals surface area (Å²) in [5.41, 5.74) is 0.521. The third-order valence-electron chi connectivity index (χ3n) is 2.97. The minimum Gasteiger partial charge on any atom is -0.507 e. The average molecular weight is 287 g/mol. The molecule has 2 aromatic rings. The number of benzene rings is 1. The third kappa shape index (κ3) is 3.33. The standard InChI is InChI=1S/C14H13N3O4/c1-9(10-3-2-6-15-8-10)16-14(19)12-5-4-11(17(20)21)7-13(12)18/h2-9,18H,1H3,(H,16,19)/t9-/m1/s1. The van der Waals surface area contributed by atoms with Crippen molar-refractivity contribution in [2.24, 2.45) is 0 Å². The van der Waals surface area contributed by atoms with Gasteiger partial charge in [0.15, 0.2) is 0 Å². The van der Waals surface area contributed by atoms with Crippen LogP contribution in [0.15, 0.2) is 42.7 Å². The Morgan fingerprint density at radius 2 is 2.19 bits per heavy atom. The number of rotatable bonds is 4. The number of pyridine rings is 1. The molecule has 1 amide bonds. The highest BCUT2D eigenvalue weighted by molar-refractivity contribution is 5.97. The molecule has 0 bridgehead atoms. The van der Waals surface area contributed by atoms with Crippen LogP contribution in [0.25, 0.3) is 0 Å². The maximum atomic E-state index is 12.1. The molecule has 0 aliphatic carbocycles. The topological polar surface area (TPSA) is 105 Å². The Kier molecular flexibility index (Phi) is 4.13. The first kappa shape index (κ1) is 14.4. The van der Waals surface area contributed by atoms with Crippen molar-refractivity contribution in [3.05, 3.63) is 64.0 Å². The van der Waals surface area contributed by atoms with Crippen LogP contribution in [-0.2, 0) is 0 Å². The lowest BCUT2D eigenvalue weighted by molar-refractivity contribution is -0.384. The summed E-state index contributed by atoms with van der Waals surface area (Å²) >= 11 is 0. The highest BCUT2D eigenvalue weighted by atomic mass is 16.6. The average Bonchev–Trinajstić information content (AvgIpc) is 2.47. The molecule has 2 rings (SSSR count). The fourth-order valence-corrected chi connectivity index (χ4v) is 1.82. The number of amides is 1. The lowest BCUT2D eigenvalue weighted by Crippen LogP contribution is -2.26. The summed E-state index contributed by atoms with van der Waals surface area (Å²) in [5, 5.41) is 23.0. The van der Waals surface area contributed by atoms with Gasteiger partial charge in [-0.3, -0.25) is 19.9 Å². The molecule has 1 aromatic heterocycles. The molecule has 0 fully saturated rings. The smallest absolute Gasteiger partial charge is 0.273 e. The van der Waals surface area contributed by atoms with Crippen molar-refractivity contribution < 1.29 is 14.8 Å². The van der Waals surface area contributed by atoms with Gasteiger partial charge in [0.05, 0.1) is 22.6 Å². The second kappa shape index (κ2) is 6.00. The first-order valence-corrected chi connectivity index (χ1v) is 6.17. The lowest BCUT2D eigenvalue weighted by Gasteiger charge is -2.14. The van der Waals surface area contributed by atoms with Gasteiger partial charge in [0.25, 0.3) is 11.6 Å². The van der Waals surface area contributed by atoms with Crippen molar-refractivity contribution in [3.8, 4) is 5.75 Å². The van der Waals surface area contributed by atoms with Crippen LogP contribution < -0.4 is 5.32 Å². The number of nitro groups is 1. The molecule has 7 nitrogen and oxygen atoms in total. The molecule has 108 valence electrons.